The molecule has 94 valence electrons. The molecule has 2 rings (SSSR count). The Balaban J connectivity index is 1.84. The van der Waals surface area contributed by atoms with E-state index in [4.69, 9.17) is 15.2 Å². The molecule has 0 bridgehead atoms. The lowest BCUT2D eigenvalue weighted by Crippen LogP contribution is -2.10. The molecular formula is C13H20N2O2. The highest BCUT2D eigenvalue weighted by Gasteiger charge is 2.21. The summed E-state index contributed by atoms with van der Waals surface area (Å²) in [6.45, 7) is 3.66. The lowest BCUT2D eigenvalue weighted by atomic mass is 10.2. The molecular weight excluding hydrogens is 216 g/mol. The van der Waals surface area contributed by atoms with Gasteiger partial charge in [-0.25, -0.2) is 0 Å². The topological polar surface area (TPSA) is 57.4 Å². The molecule has 1 aliphatic rings. The minimum atomic E-state index is 0.304. The number of pyridine rings is 1. The Morgan fingerprint density at radius 2 is 2.24 bits per heavy atom. The van der Waals surface area contributed by atoms with Gasteiger partial charge < -0.3 is 15.2 Å². The van der Waals surface area contributed by atoms with Gasteiger partial charge in [0.2, 0.25) is 0 Å². The maximum absolute atomic E-state index is 5.58. The Morgan fingerprint density at radius 3 is 2.94 bits per heavy atom. The summed E-state index contributed by atoms with van der Waals surface area (Å²) in [5.41, 5.74) is 7.46. The first-order chi connectivity index (χ1) is 8.29. The highest BCUT2D eigenvalue weighted by molar-refractivity contribution is 5.29. The zero-order chi connectivity index (χ0) is 12.1. The van der Waals surface area contributed by atoms with Gasteiger partial charge in [0, 0.05) is 12.1 Å². The van der Waals surface area contributed by atoms with Crippen molar-refractivity contribution in [2.24, 2.45) is 11.7 Å². The third-order valence-corrected chi connectivity index (χ3v) is 2.80. The average Bonchev–Trinajstić information content (AvgIpc) is 3.11. The van der Waals surface area contributed by atoms with E-state index in [0.717, 1.165) is 36.1 Å². The molecule has 0 aromatic carbocycles. The van der Waals surface area contributed by atoms with Gasteiger partial charge in [-0.2, -0.15) is 0 Å². The van der Waals surface area contributed by atoms with Crippen LogP contribution in [0.2, 0.25) is 0 Å². The van der Waals surface area contributed by atoms with Crippen LogP contribution in [0.25, 0.3) is 0 Å². The van der Waals surface area contributed by atoms with E-state index >= 15 is 0 Å². The van der Waals surface area contributed by atoms with Crippen LogP contribution in [0.4, 0.5) is 0 Å². The second-order valence-electron chi connectivity index (χ2n) is 4.51. The largest absolute Gasteiger partial charge is 0.466 e. The normalized spacial score (nSPS) is 14.9. The molecule has 4 nitrogen and oxygen atoms in total. The fraction of sp³-hybridized carbons (Fsp3) is 0.615. The molecule has 1 saturated carbocycles. The monoisotopic (exact) mass is 236 g/mol. The summed E-state index contributed by atoms with van der Waals surface area (Å²) in [4.78, 5) is 4.43. The molecule has 0 saturated heterocycles. The van der Waals surface area contributed by atoms with Crippen molar-refractivity contribution in [2.75, 3.05) is 19.9 Å². The average molecular weight is 236 g/mol. The molecule has 1 aromatic heterocycles. The van der Waals surface area contributed by atoms with E-state index in [1.54, 1.807) is 0 Å². The van der Waals surface area contributed by atoms with Crippen LogP contribution in [-0.4, -0.2) is 24.9 Å². The van der Waals surface area contributed by atoms with Crippen LogP contribution >= 0.6 is 0 Å². The van der Waals surface area contributed by atoms with E-state index < -0.39 is 0 Å². The molecule has 17 heavy (non-hydrogen) atoms. The third kappa shape index (κ3) is 3.98. The number of hydrogen-bond acceptors (Lipinski definition) is 4. The first-order valence-corrected chi connectivity index (χ1v) is 6.16. The Morgan fingerprint density at radius 1 is 1.41 bits per heavy atom. The van der Waals surface area contributed by atoms with Gasteiger partial charge in [0.05, 0.1) is 12.3 Å². The van der Waals surface area contributed by atoms with E-state index in [1.165, 1.54) is 12.8 Å². The van der Waals surface area contributed by atoms with Gasteiger partial charge in [-0.3, -0.25) is 4.98 Å². The second kappa shape index (κ2) is 5.98. The van der Waals surface area contributed by atoms with Crippen LogP contribution in [0.5, 0.6) is 5.75 Å². The standard InChI is InChI=1S/C13H20N2O2/c1-10-2-5-13(12(15-10)6-7-14)17-9-16-8-11-3-4-11/h2,5,11H,3-4,6-9,14H2,1H3. The molecule has 2 N–H and O–H groups in total. The molecule has 0 spiro atoms. The molecule has 0 radical (unpaired) electrons. The van der Waals surface area contributed by atoms with Crippen LogP contribution < -0.4 is 10.5 Å². The van der Waals surface area contributed by atoms with Crippen LogP contribution in [0.3, 0.4) is 0 Å². The van der Waals surface area contributed by atoms with Gasteiger partial charge in [0.25, 0.3) is 0 Å². The van der Waals surface area contributed by atoms with E-state index in [0.29, 0.717) is 13.3 Å². The van der Waals surface area contributed by atoms with Crippen molar-refractivity contribution in [3.63, 3.8) is 0 Å². The van der Waals surface area contributed by atoms with Crippen molar-refractivity contribution in [1.82, 2.24) is 4.98 Å². The summed E-state index contributed by atoms with van der Waals surface area (Å²) in [5, 5.41) is 0. The molecule has 4 heteroatoms. The number of aromatic nitrogens is 1. The number of aryl methyl sites for hydroxylation is 1. The highest BCUT2D eigenvalue weighted by Crippen LogP contribution is 2.28. The Kier molecular flexibility index (Phi) is 4.34. The SMILES string of the molecule is Cc1ccc(OCOCC2CC2)c(CCN)n1. The number of hydrogen-bond donors (Lipinski definition) is 1. The minimum absolute atomic E-state index is 0.304. The van der Waals surface area contributed by atoms with E-state index in [1.807, 2.05) is 19.1 Å². The Hall–Kier alpha value is -1.13. The summed E-state index contributed by atoms with van der Waals surface area (Å²) in [6.07, 6.45) is 3.33. The molecule has 0 unspecified atom stereocenters. The number of nitrogens with two attached hydrogens (primary N) is 1. The van der Waals surface area contributed by atoms with Gasteiger partial charge in [0.1, 0.15) is 5.75 Å². The lowest BCUT2D eigenvalue weighted by molar-refractivity contribution is 0.00922. The highest BCUT2D eigenvalue weighted by atomic mass is 16.7. The summed E-state index contributed by atoms with van der Waals surface area (Å²) in [5.74, 6) is 1.55. The molecule has 1 fully saturated rings. The Bertz CT molecular complexity index is 364. The van der Waals surface area contributed by atoms with E-state index in [9.17, 15) is 0 Å². The van der Waals surface area contributed by atoms with Crippen molar-refractivity contribution in [2.45, 2.75) is 26.2 Å². The molecule has 0 aliphatic heterocycles. The molecule has 1 aromatic rings. The summed E-state index contributed by atoms with van der Waals surface area (Å²) < 4.78 is 11.0. The van der Waals surface area contributed by atoms with E-state index in [2.05, 4.69) is 4.98 Å². The quantitative estimate of drug-likeness (QED) is 0.578. The fourth-order valence-electron chi connectivity index (χ4n) is 1.65. The number of nitrogens with zero attached hydrogens (tertiary/aromatic N) is 1. The predicted molar refractivity (Wildman–Crippen MR) is 65.9 cm³/mol. The first-order valence-electron chi connectivity index (χ1n) is 6.16. The van der Waals surface area contributed by atoms with Crippen LogP contribution in [0.15, 0.2) is 12.1 Å². The van der Waals surface area contributed by atoms with E-state index in [-0.39, 0.29) is 0 Å². The fourth-order valence-corrected chi connectivity index (χ4v) is 1.65. The van der Waals surface area contributed by atoms with Crippen LogP contribution in [0, 0.1) is 12.8 Å². The van der Waals surface area contributed by atoms with Crippen LogP contribution in [0.1, 0.15) is 24.2 Å². The van der Waals surface area contributed by atoms with Gasteiger partial charge >= 0.3 is 0 Å². The van der Waals surface area contributed by atoms with Crippen LogP contribution in [-0.2, 0) is 11.2 Å². The van der Waals surface area contributed by atoms with Gasteiger partial charge in [0.15, 0.2) is 6.79 Å². The molecule has 0 amide bonds. The zero-order valence-electron chi connectivity index (χ0n) is 10.3. The zero-order valence-corrected chi connectivity index (χ0v) is 10.3. The first kappa shape index (κ1) is 12.3. The van der Waals surface area contributed by atoms with Crippen molar-refractivity contribution >= 4 is 0 Å². The summed E-state index contributed by atoms with van der Waals surface area (Å²) in [7, 11) is 0. The summed E-state index contributed by atoms with van der Waals surface area (Å²) >= 11 is 0. The minimum Gasteiger partial charge on any atom is -0.466 e. The predicted octanol–water partition coefficient (Wildman–Crippen LogP) is 1.65. The molecule has 0 atom stereocenters. The maximum Gasteiger partial charge on any atom is 0.189 e. The van der Waals surface area contributed by atoms with Gasteiger partial charge in [-0.05, 0) is 44.4 Å². The second-order valence-corrected chi connectivity index (χ2v) is 4.51. The van der Waals surface area contributed by atoms with Gasteiger partial charge in [-0.15, -0.1) is 0 Å². The Labute approximate surface area is 102 Å². The lowest BCUT2D eigenvalue weighted by Gasteiger charge is -2.11. The van der Waals surface area contributed by atoms with Crippen molar-refractivity contribution in [3.8, 4) is 5.75 Å². The number of ether oxygens (including phenoxy) is 2. The summed E-state index contributed by atoms with van der Waals surface area (Å²) in [6, 6.07) is 3.88. The molecule has 1 heterocycles. The molecule has 1 aliphatic carbocycles. The van der Waals surface area contributed by atoms with Crippen molar-refractivity contribution < 1.29 is 9.47 Å². The van der Waals surface area contributed by atoms with Crippen molar-refractivity contribution in [3.05, 3.63) is 23.5 Å². The third-order valence-electron chi connectivity index (χ3n) is 2.80. The van der Waals surface area contributed by atoms with Gasteiger partial charge in [-0.1, -0.05) is 0 Å². The van der Waals surface area contributed by atoms with Crippen molar-refractivity contribution in [1.29, 1.82) is 0 Å². The smallest absolute Gasteiger partial charge is 0.189 e. The number of rotatable bonds is 7. The maximum atomic E-state index is 5.58.